The molecule has 0 aliphatic rings. The number of hydrogen-bond donors (Lipinski definition) is 0. The standard InChI is InChI=1S/C65H39N5/c1-3-16-40(17-4-1)42-32-36-44(37-33-42)63-66-64(45-38-34-43(35-39-45)41-18-5-2-6-19-41)68-65(67-63)54-28-15-30-56-58(54)52-26-13-27-53-59-49-23-9-7-20-46(49)47-21-8-10-24-50(47)62(59)70-55-29-12-11-22-48(55)51-25-14-31-57(61(51)70)69(56)60(52)53/h1-39H. The predicted octanol–water partition coefficient (Wildman–Crippen LogP) is 16.8. The average Bonchev–Trinajstić information content (AvgIpc) is 3.96. The van der Waals surface area contributed by atoms with Gasteiger partial charge in [0.15, 0.2) is 17.5 Å². The second-order valence-electron chi connectivity index (χ2n) is 18.3. The Balaban J connectivity index is 1.07. The molecule has 70 heavy (non-hydrogen) atoms. The van der Waals surface area contributed by atoms with Crippen molar-refractivity contribution in [1.29, 1.82) is 0 Å². The van der Waals surface area contributed by atoms with Gasteiger partial charge in [-0.15, -0.1) is 0 Å². The first-order chi connectivity index (χ1) is 34.7. The lowest BCUT2D eigenvalue weighted by atomic mass is 9.94. The van der Waals surface area contributed by atoms with E-state index in [1.165, 1.54) is 59.6 Å². The summed E-state index contributed by atoms with van der Waals surface area (Å²) in [6, 6.07) is 85.1. The number of hydrogen-bond acceptors (Lipinski definition) is 3. The van der Waals surface area contributed by atoms with E-state index in [-0.39, 0.29) is 0 Å². The maximum Gasteiger partial charge on any atom is 0.164 e. The van der Waals surface area contributed by atoms with E-state index in [4.69, 9.17) is 15.0 Å². The normalized spacial score (nSPS) is 12.0. The van der Waals surface area contributed by atoms with Gasteiger partial charge in [-0.2, -0.15) is 0 Å². The van der Waals surface area contributed by atoms with E-state index >= 15 is 0 Å². The second kappa shape index (κ2) is 15.0. The minimum absolute atomic E-state index is 0.618. The Morgan fingerprint density at radius 1 is 0.214 bits per heavy atom. The monoisotopic (exact) mass is 889 g/mol. The van der Waals surface area contributed by atoms with Gasteiger partial charge in [0.05, 0.1) is 33.1 Å². The summed E-state index contributed by atoms with van der Waals surface area (Å²) >= 11 is 0. The van der Waals surface area contributed by atoms with E-state index in [1.54, 1.807) is 0 Å². The van der Waals surface area contributed by atoms with Gasteiger partial charge in [-0.25, -0.2) is 15.0 Å². The third-order valence-electron chi connectivity index (χ3n) is 14.5. The lowest BCUT2D eigenvalue weighted by molar-refractivity contribution is 1.08. The van der Waals surface area contributed by atoms with Gasteiger partial charge in [0.2, 0.25) is 0 Å². The Kier molecular flexibility index (Phi) is 8.29. The minimum Gasteiger partial charge on any atom is -0.306 e. The molecule has 15 rings (SSSR count). The molecule has 0 radical (unpaired) electrons. The molecule has 4 aromatic heterocycles. The third kappa shape index (κ3) is 5.63. The van der Waals surface area contributed by atoms with Gasteiger partial charge in [-0.3, -0.25) is 0 Å². The van der Waals surface area contributed by atoms with Gasteiger partial charge in [-0.05, 0) is 56.6 Å². The molecule has 0 spiro atoms. The molecule has 0 amide bonds. The lowest BCUT2D eigenvalue weighted by Gasteiger charge is -2.15. The summed E-state index contributed by atoms with van der Waals surface area (Å²) in [6.45, 7) is 0. The van der Waals surface area contributed by atoms with Crippen LogP contribution in [0.2, 0.25) is 0 Å². The first-order valence-electron chi connectivity index (χ1n) is 23.9. The number of benzene rings is 11. The van der Waals surface area contributed by atoms with Gasteiger partial charge < -0.3 is 8.80 Å². The molecule has 15 aromatic rings. The summed E-state index contributed by atoms with van der Waals surface area (Å²) < 4.78 is 5.07. The molecule has 4 heterocycles. The van der Waals surface area contributed by atoms with Crippen LogP contribution < -0.4 is 0 Å². The van der Waals surface area contributed by atoms with Crippen molar-refractivity contribution in [3.05, 3.63) is 237 Å². The topological polar surface area (TPSA) is 47.5 Å². The van der Waals surface area contributed by atoms with Gasteiger partial charge >= 0.3 is 0 Å². The zero-order chi connectivity index (χ0) is 45.9. The summed E-state index contributed by atoms with van der Waals surface area (Å²) in [5.74, 6) is 1.86. The van der Waals surface area contributed by atoms with E-state index in [9.17, 15) is 0 Å². The first-order valence-corrected chi connectivity index (χ1v) is 23.9. The smallest absolute Gasteiger partial charge is 0.164 e. The third-order valence-corrected chi connectivity index (χ3v) is 14.5. The number of nitrogens with zero attached hydrogens (tertiary/aromatic N) is 5. The largest absolute Gasteiger partial charge is 0.306 e. The van der Waals surface area contributed by atoms with Crippen LogP contribution in [0, 0.1) is 0 Å². The van der Waals surface area contributed by atoms with Crippen molar-refractivity contribution >= 4 is 87.0 Å². The van der Waals surface area contributed by atoms with Crippen LogP contribution in [-0.4, -0.2) is 23.8 Å². The van der Waals surface area contributed by atoms with E-state index in [1.807, 2.05) is 12.1 Å². The molecule has 5 heteroatoms. The Hall–Kier alpha value is -9.45. The molecule has 0 bridgehead atoms. The van der Waals surface area contributed by atoms with E-state index in [2.05, 4.69) is 233 Å². The van der Waals surface area contributed by atoms with E-state index in [0.717, 1.165) is 66.3 Å². The van der Waals surface area contributed by atoms with Crippen LogP contribution in [0.4, 0.5) is 0 Å². The maximum atomic E-state index is 5.41. The Labute approximate surface area is 401 Å². The molecular formula is C65H39N5. The Bertz CT molecular complexity index is 4510. The summed E-state index contributed by atoms with van der Waals surface area (Å²) in [7, 11) is 0. The highest BCUT2D eigenvalue weighted by Crippen LogP contribution is 2.46. The molecular weight excluding hydrogens is 851 g/mol. The van der Waals surface area contributed by atoms with Crippen LogP contribution in [0.3, 0.4) is 0 Å². The van der Waals surface area contributed by atoms with Crippen molar-refractivity contribution in [2.45, 2.75) is 0 Å². The lowest BCUT2D eigenvalue weighted by Crippen LogP contribution is -2.00. The van der Waals surface area contributed by atoms with E-state index in [0.29, 0.717) is 17.5 Å². The summed E-state index contributed by atoms with van der Waals surface area (Å²) in [4.78, 5) is 16.1. The number of fused-ring (bicyclic) bond motifs is 15. The Morgan fingerprint density at radius 3 is 1.29 bits per heavy atom. The average molecular weight is 890 g/mol. The number of para-hydroxylation sites is 3. The van der Waals surface area contributed by atoms with Crippen LogP contribution >= 0.6 is 0 Å². The van der Waals surface area contributed by atoms with Crippen molar-refractivity contribution in [2.24, 2.45) is 0 Å². The highest BCUT2D eigenvalue weighted by atomic mass is 15.0. The van der Waals surface area contributed by atoms with Crippen LogP contribution in [0.25, 0.3) is 143 Å². The molecule has 0 atom stereocenters. The van der Waals surface area contributed by atoms with Crippen molar-refractivity contribution in [3.8, 4) is 56.4 Å². The first kappa shape index (κ1) is 38.6. The zero-order valence-electron chi connectivity index (χ0n) is 37.8. The molecule has 11 aromatic carbocycles. The fourth-order valence-corrected chi connectivity index (χ4v) is 11.4. The summed E-state index contributed by atoms with van der Waals surface area (Å²) in [5, 5.41) is 12.0. The summed E-state index contributed by atoms with van der Waals surface area (Å²) in [6.07, 6.45) is 0. The predicted molar refractivity (Wildman–Crippen MR) is 291 cm³/mol. The molecule has 0 aliphatic carbocycles. The maximum absolute atomic E-state index is 5.41. The molecule has 5 nitrogen and oxygen atoms in total. The fourth-order valence-electron chi connectivity index (χ4n) is 11.4. The van der Waals surface area contributed by atoms with Crippen molar-refractivity contribution in [2.75, 3.05) is 0 Å². The van der Waals surface area contributed by atoms with E-state index < -0.39 is 0 Å². The molecule has 324 valence electrons. The quantitative estimate of drug-likeness (QED) is 0.162. The molecule has 0 fully saturated rings. The molecule has 0 N–H and O–H groups in total. The van der Waals surface area contributed by atoms with Gasteiger partial charge in [0.25, 0.3) is 0 Å². The van der Waals surface area contributed by atoms with Gasteiger partial charge in [0, 0.05) is 54.4 Å². The van der Waals surface area contributed by atoms with Crippen LogP contribution in [0.15, 0.2) is 237 Å². The van der Waals surface area contributed by atoms with Gasteiger partial charge in [-0.1, -0.05) is 218 Å². The van der Waals surface area contributed by atoms with Gasteiger partial charge in [0.1, 0.15) is 0 Å². The molecule has 0 unspecified atom stereocenters. The molecule has 0 saturated carbocycles. The number of aromatic nitrogens is 5. The Morgan fingerprint density at radius 2 is 0.629 bits per heavy atom. The second-order valence-corrected chi connectivity index (χ2v) is 18.3. The highest BCUT2D eigenvalue weighted by molar-refractivity contribution is 6.34. The van der Waals surface area contributed by atoms with Crippen molar-refractivity contribution in [1.82, 2.24) is 23.8 Å². The fraction of sp³-hybridized carbons (Fsp3) is 0. The van der Waals surface area contributed by atoms with Crippen LogP contribution in [0.5, 0.6) is 0 Å². The molecule has 0 saturated heterocycles. The van der Waals surface area contributed by atoms with Crippen LogP contribution in [-0.2, 0) is 0 Å². The van der Waals surface area contributed by atoms with Crippen LogP contribution in [0.1, 0.15) is 0 Å². The number of rotatable bonds is 5. The highest BCUT2D eigenvalue weighted by Gasteiger charge is 2.24. The minimum atomic E-state index is 0.618. The SMILES string of the molecule is c1ccc(-c2ccc(-c3nc(-c4ccc(-c5ccccc5)cc4)nc(-c4cccc5c4c4cccc6c7c8ccccc8c8ccccc8c7n7c8ccccc8c8cccc(c87)n5c46)n3)cc2)cc1. The summed E-state index contributed by atoms with van der Waals surface area (Å²) in [5.41, 5.74) is 14.3. The molecule has 0 aliphatic heterocycles. The zero-order valence-corrected chi connectivity index (χ0v) is 37.8. The van der Waals surface area contributed by atoms with Crippen molar-refractivity contribution in [3.63, 3.8) is 0 Å². The van der Waals surface area contributed by atoms with Crippen molar-refractivity contribution < 1.29 is 0 Å².